The van der Waals surface area contributed by atoms with E-state index in [2.05, 4.69) is 5.32 Å². The van der Waals surface area contributed by atoms with Crippen LogP contribution in [-0.4, -0.2) is 41.9 Å². The fourth-order valence-corrected chi connectivity index (χ4v) is 1.36. The zero-order valence-electron chi connectivity index (χ0n) is 13.1. The van der Waals surface area contributed by atoms with Crippen molar-refractivity contribution < 1.29 is 29.0 Å². The highest BCUT2D eigenvalue weighted by Gasteiger charge is 2.18. The van der Waals surface area contributed by atoms with Gasteiger partial charge < -0.3 is 19.9 Å². The van der Waals surface area contributed by atoms with Gasteiger partial charge in [-0.15, -0.1) is 0 Å². The first-order valence-electron chi connectivity index (χ1n) is 6.97. The Balaban J connectivity index is 3.78. The number of hydrogen-bond donors (Lipinski definition) is 2. The van der Waals surface area contributed by atoms with Crippen LogP contribution in [0.1, 0.15) is 47.0 Å². The third-order valence-corrected chi connectivity index (χ3v) is 2.43. The average molecular weight is 303 g/mol. The van der Waals surface area contributed by atoms with Gasteiger partial charge in [-0.1, -0.05) is 6.92 Å². The quantitative estimate of drug-likeness (QED) is 0.525. The molecule has 0 fully saturated rings. The number of ether oxygens (including phenoxy) is 2. The third-order valence-electron chi connectivity index (χ3n) is 2.43. The molecule has 0 spiro atoms. The smallest absolute Gasteiger partial charge is 0.407 e. The summed E-state index contributed by atoms with van der Waals surface area (Å²) in [5.41, 5.74) is -0.557. The number of esters is 1. The lowest BCUT2D eigenvalue weighted by molar-refractivity contribution is -0.149. The Hall–Kier alpha value is -1.79. The summed E-state index contributed by atoms with van der Waals surface area (Å²) in [6.45, 7) is 7.39. The Kier molecular flexibility index (Phi) is 8.42. The van der Waals surface area contributed by atoms with E-state index in [-0.39, 0.29) is 18.9 Å². The van der Waals surface area contributed by atoms with E-state index in [9.17, 15) is 14.4 Å². The van der Waals surface area contributed by atoms with Gasteiger partial charge in [0.05, 0.1) is 12.5 Å². The molecule has 0 radical (unpaired) electrons. The second-order valence-corrected chi connectivity index (χ2v) is 5.78. The highest BCUT2D eigenvalue weighted by Crippen LogP contribution is 2.07. The molecular formula is C14H25NO6. The first kappa shape index (κ1) is 19.2. The summed E-state index contributed by atoms with van der Waals surface area (Å²) in [5.74, 6) is -1.68. The van der Waals surface area contributed by atoms with E-state index in [0.29, 0.717) is 19.4 Å². The molecule has 0 aromatic heterocycles. The van der Waals surface area contributed by atoms with Crippen LogP contribution < -0.4 is 5.32 Å². The molecule has 122 valence electrons. The Morgan fingerprint density at radius 2 is 1.86 bits per heavy atom. The summed E-state index contributed by atoms with van der Waals surface area (Å²) in [4.78, 5) is 33.2. The molecule has 0 aromatic rings. The number of carbonyl (C=O) groups is 3. The van der Waals surface area contributed by atoms with Crippen LogP contribution in [0.2, 0.25) is 0 Å². The molecule has 0 aliphatic heterocycles. The van der Waals surface area contributed by atoms with Crippen molar-refractivity contribution in [3.05, 3.63) is 0 Å². The van der Waals surface area contributed by atoms with E-state index in [1.165, 1.54) is 0 Å². The Labute approximate surface area is 125 Å². The summed E-state index contributed by atoms with van der Waals surface area (Å²) >= 11 is 0. The number of alkyl carbamates (subject to hydrolysis) is 1. The molecule has 0 aliphatic rings. The van der Waals surface area contributed by atoms with Crippen LogP contribution in [0.15, 0.2) is 0 Å². The summed E-state index contributed by atoms with van der Waals surface area (Å²) in [6.07, 6.45) is 0.174. The van der Waals surface area contributed by atoms with Crippen LogP contribution in [0.4, 0.5) is 4.79 Å². The molecule has 0 saturated heterocycles. The van der Waals surface area contributed by atoms with Gasteiger partial charge >= 0.3 is 18.0 Å². The normalized spacial score (nSPS) is 12.4. The van der Waals surface area contributed by atoms with Gasteiger partial charge in [-0.3, -0.25) is 9.59 Å². The van der Waals surface area contributed by atoms with E-state index in [0.717, 1.165) is 0 Å². The molecule has 0 saturated carbocycles. The molecule has 2 N–H and O–H groups in total. The zero-order chi connectivity index (χ0) is 16.5. The Bertz CT molecular complexity index is 361. The lowest BCUT2D eigenvalue weighted by atomic mass is 10.1. The molecule has 0 bridgehead atoms. The van der Waals surface area contributed by atoms with Crippen LogP contribution in [0.25, 0.3) is 0 Å². The van der Waals surface area contributed by atoms with Crippen LogP contribution in [0.5, 0.6) is 0 Å². The number of carbonyl (C=O) groups excluding carboxylic acids is 2. The Morgan fingerprint density at radius 1 is 1.24 bits per heavy atom. The van der Waals surface area contributed by atoms with Gasteiger partial charge in [0.15, 0.2) is 0 Å². The molecule has 1 atom stereocenters. The first-order chi connectivity index (χ1) is 9.61. The summed E-state index contributed by atoms with van der Waals surface area (Å²) in [7, 11) is 0. The molecule has 7 nitrogen and oxygen atoms in total. The predicted molar refractivity (Wildman–Crippen MR) is 75.8 cm³/mol. The highest BCUT2D eigenvalue weighted by atomic mass is 16.6. The van der Waals surface area contributed by atoms with Crippen LogP contribution in [-0.2, 0) is 19.1 Å². The van der Waals surface area contributed by atoms with E-state index in [4.69, 9.17) is 14.6 Å². The maximum atomic E-state index is 11.6. The molecule has 1 amide bonds. The second-order valence-electron chi connectivity index (χ2n) is 5.78. The molecule has 1 unspecified atom stereocenters. The first-order valence-corrected chi connectivity index (χ1v) is 6.97. The van der Waals surface area contributed by atoms with Crippen LogP contribution in [0, 0.1) is 5.92 Å². The maximum absolute atomic E-state index is 11.6. The number of carboxylic acids is 1. The SMILES string of the molecule is CC(CCNC(=O)OC(C)(C)C)C(=O)OCCCC(=O)O. The van der Waals surface area contributed by atoms with Crippen molar-refractivity contribution in [3.8, 4) is 0 Å². The summed E-state index contributed by atoms with van der Waals surface area (Å²) in [5, 5.41) is 11.0. The summed E-state index contributed by atoms with van der Waals surface area (Å²) in [6, 6.07) is 0. The highest BCUT2D eigenvalue weighted by molar-refractivity contribution is 5.72. The van der Waals surface area contributed by atoms with Crippen molar-refractivity contribution in [1.82, 2.24) is 5.32 Å². The molecular weight excluding hydrogens is 278 g/mol. The van der Waals surface area contributed by atoms with E-state index in [1.54, 1.807) is 27.7 Å². The van der Waals surface area contributed by atoms with Crippen molar-refractivity contribution in [2.45, 2.75) is 52.6 Å². The lowest BCUT2D eigenvalue weighted by Crippen LogP contribution is -2.34. The topological polar surface area (TPSA) is 102 Å². The van der Waals surface area contributed by atoms with E-state index in [1.807, 2.05) is 0 Å². The van der Waals surface area contributed by atoms with Gasteiger partial charge in [-0.2, -0.15) is 0 Å². The predicted octanol–water partition coefficient (Wildman–Crippen LogP) is 1.95. The third kappa shape index (κ3) is 11.7. The van der Waals surface area contributed by atoms with Gasteiger partial charge in [0.2, 0.25) is 0 Å². The number of carboxylic acid groups (broad SMARTS) is 1. The van der Waals surface area contributed by atoms with Gasteiger partial charge in [-0.05, 0) is 33.6 Å². The lowest BCUT2D eigenvalue weighted by Gasteiger charge is -2.20. The van der Waals surface area contributed by atoms with Gasteiger partial charge in [0.1, 0.15) is 5.60 Å². The monoisotopic (exact) mass is 303 g/mol. The number of aliphatic carboxylic acids is 1. The number of nitrogens with one attached hydrogen (secondary N) is 1. The summed E-state index contributed by atoms with van der Waals surface area (Å²) < 4.78 is 10.0. The van der Waals surface area contributed by atoms with Crippen LogP contribution >= 0.6 is 0 Å². The maximum Gasteiger partial charge on any atom is 0.407 e. The van der Waals surface area contributed by atoms with Gasteiger partial charge in [-0.25, -0.2) is 4.79 Å². The molecule has 0 rings (SSSR count). The zero-order valence-corrected chi connectivity index (χ0v) is 13.1. The van der Waals surface area contributed by atoms with Gasteiger partial charge in [0.25, 0.3) is 0 Å². The van der Waals surface area contributed by atoms with Crippen molar-refractivity contribution in [1.29, 1.82) is 0 Å². The standard InChI is InChI=1S/C14H25NO6/c1-10(12(18)20-9-5-6-11(16)17)7-8-15-13(19)21-14(2,3)4/h10H,5-9H2,1-4H3,(H,15,19)(H,16,17). The molecule has 0 aromatic carbocycles. The van der Waals surface area contributed by atoms with Crippen molar-refractivity contribution in [3.63, 3.8) is 0 Å². The fraction of sp³-hybridized carbons (Fsp3) is 0.786. The van der Waals surface area contributed by atoms with Gasteiger partial charge in [0, 0.05) is 13.0 Å². The molecule has 0 aliphatic carbocycles. The minimum atomic E-state index is -0.916. The van der Waals surface area contributed by atoms with Crippen LogP contribution in [0.3, 0.4) is 0 Å². The fourth-order valence-electron chi connectivity index (χ4n) is 1.36. The second kappa shape index (κ2) is 9.20. The molecule has 21 heavy (non-hydrogen) atoms. The van der Waals surface area contributed by atoms with E-state index < -0.39 is 23.6 Å². The number of hydrogen-bond acceptors (Lipinski definition) is 5. The molecule has 7 heteroatoms. The van der Waals surface area contributed by atoms with Crippen molar-refractivity contribution in [2.24, 2.45) is 5.92 Å². The molecule has 0 heterocycles. The number of amides is 1. The minimum Gasteiger partial charge on any atom is -0.481 e. The largest absolute Gasteiger partial charge is 0.481 e. The number of rotatable bonds is 8. The Morgan fingerprint density at radius 3 is 2.38 bits per heavy atom. The minimum absolute atomic E-state index is 0.0259. The van der Waals surface area contributed by atoms with Crippen molar-refractivity contribution >= 4 is 18.0 Å². The van der Waals surface area contributed by atoms with E-state index >= 15 is 0 Å². The van der Waals surface area contributed by atoms with Crippen molar-refractivity contribution in [2.75, 3.05) is 13.2 Å². The average Bonchev–Trinajstić information content (AvgIpc) is 2.31.